The zero-order chi connectivity index (χ0) is 13.1. The van der Waals surface area contributed by atoms with Crippen molar-refractivity contribution in [1.29, 1.82) is 0 Å². The molecule has 5 heteroatoms. The van der Waals surface area contributed by atoms with Crippen molar-refractivity contribution < 1.29 is 13.9 Å². The molecule has 19 heavy (non-hydrogen) atoms. The second-order valence-electron chi connectivity index (χ2n) is 5.37. The second-order valence-corrected chi connectivity index (χ2v) is 5.37. The molecular weight excluding hydrogens is 247 g/mol. The molecule has 2 aliphatic heterocycles. The second kappa shape index (κ2) is 5.43. The first-order chi connectivity index (χ1) is 9.30. The molecule has 0 unspecified atom stereocenters. The maximum atomic E-state index is 13.5. The van der Waals surface area contributed by atoms with Crippen LogP contribution in [0.1, 0.15) is 19.3 Å². The summed E-state index contributed by atoms with van der Waals surface area (Å²) in [5, 5.41) is 3.40. The van der Waals surface area contributed by atoms with Gasteiger partial charge in [0.15, 0.2) is 5.82 Å². The number of rotatable bonds is 3. The van der Waals surface area contributed by atoms with Gasteiger partial charge in [-0.1, -0.05) is 0 Å². The Morgan fingerprint density at radius 2 is 2.53 bits per heavy atom. The maximum absolute atomic E-state index is 13.5. The summed E-state index contributed by atoms with van der Waals surface area (Å²) in [5.41, 5.74) is -0.0412. The molecule has 0 aliphatic carbocycles. The molecule has 2 aliphatic rings. The van der Waals surface area contributed by atoms with Crippen LogP contribution in [0.25, 0.3) is 0 Å². The Balaban J connectivity index is 1.71. The van der Waals surface area contributed by atoms with E-state index in [1.165, 1.54) is 6.07 Å². The minimum atomic E-state index is -0.407. The highest BCUT2D eigenvalue weighted by molar-refractivity contribution is 5.13. The van der Waals surface area contributed by atoms with Crippen molar-refractivity contribution in [3.63, 3.8) is 0 Å². The van der Waals surface area contributed by atoms with E-state index in [4.69, 9.17) is 9.47 Å². The fourth-order valence-electron chi connectivity index (χ4n) is 3.06. The van der Waals surface area contributed by atoms with Gasteiger partial charge < -0.3 is 14.8 Å². The molecular formula is C14H19FN2O2. The van der Waals surface area contributed by atoms with Crippen LogP contribution in [0.5, 0.6) is 5.88 Å². The molecule has 3 rings (SSSR count). The van der Waals surface area contributed by atoms with Crippen LogP contribution in [0, 0.1) is 11.2 Å². The average Bonchev–Trinajstić information content (AvgIpc) is 2.46. The number of aromatic nitrogens is 1. The highest BCUT2D eigenvalue weighted by Gasteiger charge is 2.44. The third kappa shape index (κ3) is 2.58. The Hall–Kier alpha value is -1.20. The van der Waals surface area contributed by atoms with Gasteiger partial charge in [0.1, 0.15) is 0 Å². The van der Waals surface area contributed by atoms with Crippen molar-refractivity contribution in [2.75, 3.05) is 26.3 Å². The van der Waals surface area contributed by atoms with Gasteiger partial charge in [-0.15, -0.1) is 0 Å². The van der Waals surface area contributed by atoms with Crippen molar-refractivity contribution in [1.82, 2.24) is 10.3 Å². The summed E-state index contributed by atoms with van der Waals surface area (Å²) in [7, 11) is 0. The molecule has 0 bridgehead atoms. The number of nitrogens with one attached hydrogen (secondary N) is 1. The van der Waals surface area contributed by atoms with E-state index in [1.807, 2.05) is 0 Å². The number of hydrogen-bond donors (Lipinski definition) is 1. The topological polar surface area (TPSA) is 43.4 Å². The van der Waals surface area contributed by atoms with E-state index in [9.17, 15) is 4.39 Å². The fourth-order valence-corrected chi connectivity index (χ4v) is 3.06. The molecule has 104 valence electrons. The van der Waals surface area contributed by atoms with E-state index in [-0.39, 0.29) is 17.4 Å². The fraction of sp³-hybridized carbons (Fsp3) is 0.643. The smallest absolute Gasteiger partial charge is 0.250 e. The monoisotopic (exact) mass is 266 g/mol. The first-order valence-corrected chi connectivity index (χ1v) is 6.86. The van der Waals surface area contributed by atoms with Crippen LogP contribution in [-0.4, -0.2) is 37.4 Å². The molecule has 0 saturated carbocycles. The summed E-state index contributed by atoms with van der Waals surface area (Å²) in [6, 6.07) is 2.93. The van der Waals surface area contributed by atoms with Crippen LogP contribution >= 0.6 is 0 Å². The van der Waals surface area contributed by atoms with Gasteiger partial charge in [0.05, 0.1) is 12.7 Å². The first kappa shape index (κ1) is 12.8. The number of nitrogens with zero attached hydrogens (tertiary/aromatic N) is 1. The molecule has 1 N–H and O–H groups in total. The van der Waals surface area contributed by atoms with E-state index < -0.39 is 5.82 Å². The molecule has 0 aromatic carbocycles. The number of halogens is 1. The summed E-state index contributed by atoms with van der Waals surface area (Å²) in [6.45, 7) is 3.12. The third-order valence-corrected chi connectivity index (χ3v) is 4.10. The molecule has 1 aromatic heterocycles. The van der Waals surface area contributed by atoms with Gasteiger partial charge in [0.25, 0.3) is 0 Å². The summed E-state index contributed by atoms with van der Waals surface area (Å²) in [6.07, 6.45) is 4.85. The molecule has 2 fully saturated rings. The van der Waals surface area contributed by atoms with Crippen molar-refractivity contribution in [2.24, 2.45) is 5.41 Å². The van der Waals surface area contributed by atoms with Gasteiger partial charge in [0, 0.05) is 24.8 Å². The van der Waals surface area contributed by atoms with Crippen molar-refractivity contribution >= 4 is 0 Å². The number of piperidine rings is 1. The van der Waals surface area contributed by atoms with Gasteiger partial charge in [0.2, 0.25) is 5.88 Å². The van der Waals surface area contributed by atoms with E-state index in [1.54, 1.807) is 12.3 Å². The lowest BCUT2D eigenvalue weighted by molar-refractivity contribution is -0.116. The summed E-state index contributed by atoms with van der Waals surface area (Å²) in [4.78, 5) is 3.94. The van der Waals surface area contributed by atoms with E-state index in [0.717, 1.165) is 39.0 Å². The van der Waals surface area contributed by atoms with Gasteiger partial charge in [-0.3, -0.25) is 0 Å². The van der Waals surface area contributed by atoms with Gasteiger partial charge >= 0.3 is 0 Å². The average molecular weight is 266 g/mol. The van der Waals surface area contributed by atoms with E-state index in [2.05, 4.69) is 10.3 Å². The lowest BCUT2D eigenvalue weighted by atomic mass is 9.73. The minimum absolute atomic E-state index is 0.0412. The summed E-state index contributed by atoms with van der Waals surface area (Å²) in [5.74, 6) is -0.317. The summed E-state index contributed by atoms with van der Waals surface area (Å²) < 4.78 is 25.0. The Bertz CT molecular complexity index is 429. The van der Waals surface area contributed by atoms with Gasteiger partial charge in [-0.05, 0) is 37.9 Å². The molecule has 0 radical (unpaired) electrons. The minimum Gasteiger partial charge on any atom is -0.475 e. The molecule has 1 aromatic rings. The van der Waals surface area contributed by atoms with Gasteiger partial charge in [-0.2, -0.15) is 0 Å². The highest BCUT2D eigenvalue weighted by Crippen LogP contribution is 2.38. The molecule has 4 nitrogen and oxygen atoms in total. The SMILES string of the molecule is Fc1cccnc1OC[C@@]12CCCO[C@H]1CCNC2. The molecule has 0 spiro atoms. The largest absolute Gasteiger partial charge is 0.475 e. The van der Waals surface area contributed by atoms with Crippen LogP contribution in [0.3, 0.4) is 0 Å². The number of pyridine rings is 1. The lowest BCUT2D eigenvalue weighted by Gasteiger charge is -2.46. The van der Waals surface area contributed by atoms with Crippen LogP contribution < -0.4 is 10.1 Å². The Labute approximate surface area is 112 Å². The number of ether oxygens (including phenoxy) is 2. The predicted molar refractivity (Wildman–Crippen MR) is 68.6 cm³/mol. The Morgan fingerprint density at radius 3 is 3.42 bits per heavy atom. The van der Waals surface area contributed by atoms with Crippen molar-refractivity contribution in [3.8, 4) is 5.88 Å². The van der Waals surface area contributed by atoms with Crippen LogP contribution in [0.2, 0.25) is 0 Å². The lowest BCUT2D eigenvalue weighted by Crippen LogP contribution is -2.56. The zero-order valence-corrected chi connectivity index (χ0v) is 10.9. The summed E-state index contributed by atoms with van der Waals surface area (Å²) >= 11 is 0. The number of hydrogen-bond acceptors (Lipinski definition) is 4. The first-order valence-electron chi connectivity index (χ1n) is 6.86. The Morgan fingerprint density at radius 1 is 1.58 bits per heavy atom. The molecule has 2 saturated heterocycles. The Kier molecular flexibility index (Phi) is 3.66. The molecule has 3 heterocycles. The number of fused-ring (bicyclic) bond motifs is 1. The van der Waals surface area contributed by atoms with E-state index >= 15 is 0 Å². The highest BCUT2D eigenvalue weighted by atomic mass is 19.1. The maximum Gasteiger partial charge on any atom is 0.250 e. The van der Waals surface area contributed by atoms with Crippen molar-refractivity contribution in [2.45, 2.75) is 25.4 Å². The zero-order valence-electron chi connectivity index (χ0n) is 10.9. The van der Waals surface area contributed by atoms with Crippen molar-refractivity contribution in [3.05, 3.63) is 24.1 Å². The third-order valence-electron chi connectivity index (χ3n) is 4.10. The van der Waals surface area contributed by atoms with Gasteiger partial charge in [-0.25, -0.2) is 9.37 Å². The molecule has 2 atom stereocenters. The standard InChI is InChI=1S/C14H19FN2O2/c15-11-3-1-6-17-13(11)19-10-14-5-2-8-18-12(14)4-7-16-9-14/h1,3,6,12,16H,2,4-5,7-10H2/t12-,14-/m0/s1. The quantitative estimate of drug-likeness (QED) is 0.905. The van der Waals surface area contributed by atoms with Crippen LogP contribution in [0.4, 0.5) is 4.39 Å². The predicted octanol–water partition coefficient (Wildman–Crippen LogP) is 1.76. The normalized spacial score (nSPS) is 30.7. The van der Waals surface area contributed by atoms with Crippen LogP contribution in [-0.2, 0) is 4.74 Å². The van der Waals surface area contributed by atoms with E-state index in [0.29, 0.717) is 6.61 Å². The van der Waals surface area contributed by atoms with Crippen LogP contribution in [0.15, 0.2) is 18.3 Å². The molecule has 0 amide bonds.